The van der Waals surface area contributed by atoms with E-state index in [-0.39, 0.29) is 5.78 Å². The van der Waals surface area contributed by atoms with Gasteiger partial charge in [-0.1, -0.05) is 121 Å². The van der Waals surface area contributed by atoms with Gasteiger partial charge in [-0.2, -0.15) is 0 Å². The molecule has 0 heterocycles. The summed E-state index contributed by atoms with van der Waals surface area (Å²) in [7, 11) is 0. The maximum Gasteiger partial charge on any atom is 0.319 e. The van der Waals surface area contributed by atoms with E-state index >= 15 is 0 Å². The van der Waals surface area contributed by atoms with Gasteiger partial charge in [-0.3, -0.25) is 9.59 Å². The van der Waals surface area contributed by atoms with Crippen LogP contribution < -0.4 is 0 Å². The summed E-state index contributed by atoms with van der Waals surface area (Å²) in [5.74, 6) is -1.34. The summed E-state index contributed by atoms with van der Waals surface area (Å²) in [4.78, 5) is 27.0. The van der Waals surface area contributed by atoms with Crippen molar-refractivity contribution in [2.24, 2.45) is 0 Å². The lowest BCUT2D eigenvalue weighted by atomic mass is 9.91. The third kappa shape index (κ3) is 4.84. The average molecular weight is 421 g/mol. The lowest BCUT2D eigenvalue weighted by Crippen LogP contribution is -2.24. The lowest BCUT2D eigenvalue weighted by Gasteiger charge is -2.22. The SMILES string of the molecule is Cc1ccc(C(=O)[C@H](OC(=O)C(c2ccccc2)c2ccccc2)c2ccccc2)cc1. The minimum Gasteiger partial charge on any atom is -0.448 e. The van der Waals surface area contributed by atoms with Crippen molar-refractivity contribution in [3.63, 3.8) is 0 Å². The third-order valence-corrected chi connectivity index (χ3v) is 5.41. The molecule has 158 valence electrons. The molecule has 3 heteroatoms. The van der Waals surface area contributed by atoms with Crippen molar-refractivity contribution in [2.75, 3.05) is 0 Å². The molecule has 4 aromatic rings. The number of esters is 1. The van der Waals surface area contributed by atoms with Crippen molar-refractivity contribution in [3.05, 3.63) is 143 Å². The van der Waals surface area contributed by atoms with Crippen molar-refractivity contribution < 1.29 is 14.3 Å². The Hall–Kier alpha value is -3.98. The smallest absolute Gasteiger partial charge is 0.319 e. The molecule has 0 aliphatic rings. The molecule has 0 saturated carbocycles. The molecule has 0 unspecified atom stereocenters. The van der Waals surface area contributed by atoms with Gasteiger partial charge in [0, 0.05) is 11.1 Å². The number of carbonyl (C=O) groups is 2. The van der Waals surface area contributed by atoms with Gasteiger partial charge < -0.3 is 4.74 Å². The number of Topliss-reactive ketones (excluding diaryl/α,β-unsaturated/α-hetero) is 1. The van der Waals surface area contributed by atoms with Crippen molar-refractivity contribution in [3.8, 4) is 0 Å². The maximum absolute atomic E-state index is 13.5. The highest BCUT2D eigenvalue weighted by Crippen LogP contribution is 2.30. The molecule has 0 amide bonds. The monoisotopic (exact) mass is 420 g/mol. The predicted molar refractivity (Wildman–Crippen MR) is 126 cm³/mol. The quantitative estimate of drug-likeness (QED) is 0.260. The normalized spacial score (nSPS) is 11.7. The van der Waals surface area contributed by atoms with E-state index in [4.69, 9.17) is 4.74 Å². The zero-order valence-electron chi connectivity index (χ0n) is 17.8. The second kappa shape index (κ2) is 9.88. The van der Waals surface area contributed by atoms with Gasteiger partial charge in [0.1, 0.15) is 5.92 Å². The number of hydrogen-bond acceptors (Lipinski definition) is 3. The van der Waals surface area contributed by atoms with E-state index < -0.39 is 18.0 Å². The first-order valence-corrected chi connectivity index (χ1v) is 10.6. The maximum atomic E-state index is 13.5. The molecule has 0 radical (unpaired) electrons. The summed E-state index contributed by atoms with van der Waals surface area (Å²) < 4.78 is 5.97. The molecule has 0 N–H and O–H groups in total. The van der Waals surface area contributed by atoms with Crippen LogP contribution in [-0.4, -0.2) is 11.8 Å². The van der Waals surface area contributed by atoms with Crippen molar-refractivity contribution in [2.45, 2.75) is 18.9 Å². The van der Waals surface area contributed by atoms with Crippen LogP contribution in [0.15, 0.2) is 115 Å². The zero-order valence-corrected chi connectivity index (χ0v) is 17.8. The van der Waals surface area contributed by atoms with Crippen LogP contribution in [-0.2, 0) is 9.53 Å². The summed E-state index contributed by atoms with van der Waals surface area (Å²) in [5, 5.41) is 0. The second-order valence-corrected chi connectivity index (χ2v) is 7.71. The van der Waals surface area contributed by atoms with Gasteiger partial charge in [0.2, 0.25) is 5.78 Å². The van der Waals surface area contributed by atoms with Crippen LogP contribution in [0.1, 0.15) is 44.6 Å². The Morgan fingerprint density at radius 3 is 1.50 bits per heavy atom. The Bertz CT molecular complexity index is 1130. The molecule has 4 rings (SSSR count). The molecular weight excluding hydrogens is 396 g/mol. The summed E-state index contributed by atoms with van der Waals surface area (Å²) in [5.41, 5.74) is 3.85. The van der Waals surface area contributed by atoms with E-state index in [2.05, 4.69) is 0 Å². The van der Waals surface area contributed by atoms with Gasteiger partial charge in [-0.25, -0.2) is 0 Å². The van der Waals surface area contributed by atoms with E-state index in [9.17, 15) is 9.59 Å². The Morgan fingerprint density at radius 2 is 1.03 bits per heavy atom. The van der Waals surface area contributed by atoms with E-state index in [0.717, 1.165) is 16.7 Å². The summed E-state index contributed by atoms with van der Waals surface area (Å²) in [6.45, 7) is 1.97. The van der Waals surface area contributed by atoms with Gasteiger partial charge in [-0.05, 0) is 18.1 Å². The topological polar surface area (TPSA) is 43.4 Å². The highest BCUT2D eigenvalue weighted by Gasteiger charge is 2.31. The van der Waals surface area contributed by atoms with Crippen LogP contribution in [0.25, 0.3) is 0 Å². The van der Waals surface area contributed by atoms with E-state index in [1.54, 1.807) is 12.1 Å². The fourth-order valence-electron chi connectivity index (χ4n) is 3.71. The molecule has 0 aliphatic heterocycles. The number of ketones is 1. The van der Waals surface area contributed by atoms with Gasteiger partial charge in [0.15, 0.2) is 6.10 Å². The Kier molecular flexibility index (Phi) is 6.57. The van der Waals surface area contributed by atoms with Crippen LogP contribution >= 0.6 is 0 Å². The minimum absolute atomic E-state index is 0.246. The van der Waals surface area contributed by atoms with Crippen molar-refractivity contribution in [1.82, 2.24) is 0 Å². The second-order valence-electron chi connectivity index (χ2n) is 7.71. The standard InChI is InChI=1S/C29H24O3/c1-21-17-19-24(20-18-21)27(30)28(25-15-9-4-10-16-25)32-29(31)26(22-11-5-2-6-12-22)23-13-7-3-8-14-23/h2-20,26,28H,1H3/t28-/m1/s1. The Labute approximate surface area is 188 Å². The summed E-state index contributed by atoms with van der Waals surface area (Å²) in [6.07, 6.45) is -1.03. The van der Waals surface area contributed by atoms with Crippen LogP contribution in [0.5, 0.6) is 0 Å². The minimum atomic E-state index is -1.03. The summed E-state index contributed by atoms with van der Waals surface area (Å²) >= 11 is 0. The largest absolute Gasteiger partial charge is 0.448 e. The van der Waals surface area contributed by atoms with Crippen molar-refractivity contribution >= 4 is 11.8 Å². The van der Waals surface area contributed by atoms with E-state index in [0.29, 0.717) is 11.1 Å². The van der Waals surface area contributed by atoms with Gasteiger partial charge in [0.25, 0.3) is 0 Å². The first kappa shape index (κ1) is 21.3. The highest BCUT2D eigenvalue weighted by atomic mass is 16.5. The molecule has 0 aliphatic carbocycles. The Balaban J connectivity index is 1.71. The molecule has 0 fully saturated rings. The van der Waals surface area contributed by atoms with Gasteiger partial charge in [-0.15, -0.1) is 0 Å². The zero-order chi connectivity index (χ0) is 22.3. The first-order chi connectivity index (χ1) is 15.6. The predicted octanol–water partition coefficient (Wildman–Crippen LogP) is 6.29. The molecule has 0 aromatic heterocycles. The fraction of sp³-hybridized carbons (Fsp3) is 0.103. The number of rotatable bonds is 7. The lowest BCUT2D eigenvalue weighted by molar-refractivity contribution is -0.148. The molecular formula is C29H24O3. The number of benzene rings is 4. The van der Waals surface area contributed by atoms with Crippen LogP contribution in [0.3, 0.4) is 0 Å². The van der Waals surface area contributed by atoms with Crippen LogP contribution in [0.4, 0.5) is 0 Å². The highest BCUT2D eigenvalue weighted by molar-refractivity contribution is 6.01. The van der Waals surface area contributed by atoms with E-state index in [1.807, 2.05) is 110 Å². The number of carbonyl (C=O) groups excluding carboxylic acids is 2. The van der Waals surface area contributed by atoms with Crippen molar-refractivity contribution in [1.29, 1.82) is 0 Å². The molecule has 3 nitrogen and oxygen atoms in total. The average Bonchev–Trinajstić information content (AvgIpc) is 2.85. The third-order valence-electron chi connectivity index (χ3n) is 5.41. The number of hydrogen-bond donors (Lipinski definition) is 0. The molecule has 0 saturated heterocycles. The summed E-state index contributed by atoms with van der Waals surface area (Å²) in [6, 6.07) is 35.5. The van der Waals surface area contributed by atoms with Gasteiger partial charge in [0.05, 0.1) is 0 Å². The van der Waals surface area contributed by atoms with Crippen LogP contribution in [0.2, 0.25) is 0 Å². The number of ether oxygens (including phenoxy) is 1. The van der Waals surface area contributed by atoms with Crippen LogP contribution in [0, 0.1) is 6.92 Å². The van der Waals surface area contributed by atoms with E-state index in [1.165, 1.54) is 0 Å². The molecule has 1 atom stereocenters. The first-order valence-electron chi connectivity index (χ1n) is 10.6. The fourth-order valence-corrected chi connectivity index (χ4v) is 3.71. The molecule has 4 aromatic carbocycles. The molecule has 0 spiro atoms. The Morgan fingerprint density at radius 1 is 0.594 bits per heavy atom. The molecule has 0 bridgehead atoms. The number of aryl methyl sites for hydroxylation is 1. The van der Waals surface area contributed by atoms with Gasteiger partial charge >= 0.3 is 5.97 Å². The molecule has 32 heavy (non-hydrogen) atoms.